The van der Waals surface area contributed by atoms with Crippen LogP contribution in [0.25, 0.3) is 0 Å². The second-order valence-electron chi connectivity index (χ2n) is 4.78. The minimum absolute atomic E-state index is 0.0961. The van der Waals surface area contributed by atoms with E-state index >= 15 is 0 Å². The molecule has 1 N–H and O–H groups in total. The average molecular weight is 302 g/mol. The van der Waals surface area contributed by atoms with Crippen molar-refractivity contribution in [3.8, 4) is 11.8 Å². The van der Waals surface area contributed by atoms with Gasteiger partial charge in [-0.05, 0) is 37.1 Å². The number of benzene rings is 1. The molecule has 0 spiro atoms. The highest BCUT2D eigenvalue weighted by molar-refractivity contribution is 5.92. The number of ether oxygens (including phenoxy) is 3. The molecule has 1 aliphatic rings. The molecule has 1 aliphatic heterocycles. The monoisotopic (exact) mass is 302 g/mol. The van der Waals surface area contributed by atoms with Crippen LogP contribution >= 0.6 is 0 Å². The summed E-state index contributed by atoms with van der Waals surface area (Å²) in [5.74, 6) is 0.0741. The fourth-order valence-electron chi connectivity index (χ4n) is 2.01. The number of anilines is 1. The number of carbonyl (C=O) groups excluding carboxylic acids is 1. The van der Waals surface area contributed by atoms with Gasteiger partial charge in [-0.1, -0.05) is 0 Å². The highest BCUT2D eigenvalue weighted by Crippen LogP contribution is 2.18. The maximum atomic E-state index is 11.2. The Morgan fingerprint density at radius 3 is 2.86 bits per heavy atom. The lowest BCUT2D eigenvalue weighted by Crippen LogP contribution is -2.16. The molecule has 1 fully saturated rings. The van der Waals surface area contributed by atoms with Crippen LogP contribution in [0.1, 0.15) is 12.8 Å². The van der Waals surface area contributed by atoms with Gasteiger partial charge in [-0.25, -0.2) is 4.79 Å². The topological polar surface area (TPSA) is 80.6 Å². The van der Waals surface area contributed by atoms with Crippen molar-refractivity contribution in [2.75, 3.05) is 25.6 Å². The van der Waals surface area contributed by atoms with Crippen LogP contribution in [0.2, 0.25) is 0 Å². The van der Waals surface area contributed by atoms with E-state index in [4.69, 9.17) is 14.7 Å². The van der Waals surface area contributed by atoms with Gasteiger partial charge in [-0.3, -0.25) is 0 Å². The first-order valence-corrected chi connectivity index (χ1v) is 7.02. The molecule has 0 aliphatic carbocycles. The molecule has 1 atom stereocenters. The Morgan fingerprint density at radius 2 is 2.27 bits per heavy atom. The predicted octanol–water partition coefficient (Wildman–Crippen LogP) is 2.24. The molecular formula is C16H18N2O4. The first kappa shape index (κ1) is 15.9. The van der Waals surface area contributed by atoms with E-state index in [1.165, 1.54) is 13.3 Å². The summed E-state index contributed by atoms with van der Waals surface area (Å²) in [5, 5.41) is 11.7. The van der Waals surface area contributed by atoms with Crippen LogP contribution in [0, 0.1) is 11.3 Å². The van der Waals surface area contributed by atoms with Gasteiger partial charge in [0.1, 0.15) is 18.4 Å². The lowest BCUT2D eigenvalue weighted by Gasteiger charge is -2.11. The summed E-state index contributed by atoms with van der Waals surface area (Å²) < 4.78 is 15.6. The van der Waals surface area contributed by atoms with Crippen molar-refractivity contribution in [3.05, 3.63) is 36.0 Å². The molecule has 0 bridgehead atoms. The molecule has 0 aromatic heterocycles. The molecule has 0 amide bonds. The molecule has 2 rings (SSSR count). The zero-order chi connectivity index (χ0) is 15.8. The lowest BCUT2D eigenvalue weighted by molar-refractivity contribution is -0.135. The van der Waals surface area contributed by atoms with Gasteiger partial charge in [0.05, 0.1) is 13.2 Å². The van der Waals surface area contributed by atoms with Crippen LogP contribution < -0.4 is 10.1 Å². The SMILES string of the molecule is COC(=O)/C(C#N)=C/Nc1ccc(OCC2CCCO2)cc1. The van der Waals surface area contributed by atoms with Crippen LogP contribution in [0.15, 0.2) is 36.0 Å². The molecule has 1 aromatic carbocycles. The molecule has 1 heterocycles. The summed E-state index contributed by atoms with van der Waals surface area (Å²) in [4.78, 5) is 11.2. The fraction of sp³-hybridized carbons (Fsp3) is 0.375. The van der Waals surface area contributed by atoms with E-state index < -0.39 is 5.97 Å². The summed E-state index contributed by atoms with van der Waals surface area (Å²) in [6, 6.07) is 9.00. The third-order valence-corrected chi connectivity index (χ3v) is 3.22. The van der Waals surface area contributed by atoms with Gasteiger partial charge in [0.25, 0.3) is 0 Å². The van der Waals surface area contributed by atoms with Crippen molar-refractivity contribution in [1.82, 2.24) is 0 Å². The summed E-state index contributed by atoms with van der Waals surface area (Å²) in [6.45, 7) is 1.36. The Kier molecular flexibility index (Phi) is 5.81. The maximum absolute atomic E-state index is 11.2. The molecular weight excluding hydrogens is 284 g/mol. The van der Waals surface area contributed by atoms with E-state index in [2.05, 4.69) is 10.1 Å². The van der Waals surface area contributed by atoms with Crippen LogP contribution in [-0.4, -0.2) is 32.4 Å². The number of esters is 1. The standard InChI is InChI=1S/C16H18N2O4/c1-20-16(19)12(9-17)10-18-13-4-6-14(7-5-13)22-11-15-3-2-8-21-15/h4-7,10,15,18H,2-3,8,11H2,1H3/b12-10+. The Labute approximate surface area is 129 Å². The zero-order valence-corrected chi connectivity index (χ0v) is 12.4. The number of nitriles is 1. The van der Waals surface area contributed by atoms with E-state index in [-0.39, 0.29) is 11.7 Å². The molecule has 1 unspecified atom stereocenters. The van der Waals surface area contributed by atoms with Gasteiger partial charge in [0.2, 0.25) is 0 Å². The van der Waals surface area contributed by atoms with Crippen LogP contribution in [0.5, 0.6) is 5.75 Å². The number of methoxy groups -OCH3 is 1. The lowest BCUT2D eigenvalue weighted by atomic mass is 10.2. The third-order valence-electron chi connectivity index (χ3n) is 3.22. The van der Waals surface area contributed by atoms with Crippen molar-refractivity contribution in [1.29, 1.82) is 5.26 Å². The van der Waals surface area contributed by atoms with Gasteiger partial charge in [-0.15, -0.1) is 0 Å². The Hall–Kier alpha value is -2.52. The molecule has 1 saturated heterocycles. The predicted molar refractivity (Wildman–Crippen MR) is 80.2 cm³/mol. The van der Waals surface area contributed by atoms with E-state index in [1.807, 2.05) is 12.1 Å². The van der Waals surface area contributed by atoms with Crippen molar-refractivity contribution < 1.29 is 19.0 Å². The average Bonchev–Trinajstić information content (AvgIpc) is 3.07. The first-order valence-electron chi connectivity index (χ1n) is 7.02. The number of hydrogen-bond acceptors (Lipinski definition) is 6. The Bertz CT molecular complexity index is 569. The molecule has 0 saturated carbocycles. The first-order chi connectivity index (χ1) is 10.7. The van der Waals surface area contributed by atoms with Crippen LogP contribution in [0.3, 0.4) is 0 Å². The zero-order valence-electron chi connectivity index (χ0n) is 12.4. The number of carbonyl (C=O) groups is 1. The van der Waals surface area contributed by atoms with Crippen molar-refractivity contribution in [2.45, 2.75) is 18.9 Å². The van der Waals surface area contributed by atoms with Gasteiger partial charge in [0, 0.05) is 18.5 Å². The van der Waals surface area contributed by atoms with Crippen molar-refractivity contribution in [2.24, 2.45) is 0 Å². The minimum Gasteiger partial charge on any atom is -0.491 e. The largest absolute Gasteiger partial charge is 0.491 e. The van der Waals surface area contributed by atoms with Gasteiger partial charge in [0.15, 0.2) is 5.57 Å². The summed E-state index contributed by atoms with van der Waals surface area (Å²) in [5.41, 5.74) is 0.641. The fourth-order valence-corrected chi connectivity index (χ4v) is 2.01. The summed E-state index contributed by atoms with van der Waals surface area (Å²) >= 11 is 0. The number of hydrogen-bond donors (Lipinski definition) is 1. The van der Waals surface area contributed by atoms with Crippen LogP contribution in [0.4, 0.5) is 5.69 Å². The second kappa shape index (κ2) is 8.05. The smallest absolute Gasteiger partial charge is 0.350 e. The number of rotatable bonds is 6. The molecule has 0 radical (unpaired) electrons. The molecule has 22 heavy (non-hydrogen) atoms. The van der Waals surface area contributed by atoms with Crippen molar-refractivity contribution in [3.63, 3.8) is 0 Å². The molecule has 6 nitrogen and oxygen atoms in total. The highest BCUT2D eigenvalue weighted by Gasteiger charge is 2.15. The quantitative estimate of drug-likeness (QED) is 0.493. The van der Waals surface area contributed by atoms with E-state index in [9.17, 15) is 4.79 Å². The third kappa shape index (κ3) is 4.50. The summed E-state index contributed by atoms with van der Waals surface area (Å²) in [6.07, 6.45) is 3.62. The summed E-state index contributed by atoms with van der Waals surface area (Å²) in [7, 11) is 1.23. The van der Waals surface area contributed by atoms with Crippen LogP contribution in [-0.2, 0) is 14.3 Å². The maximum Gasteiger partial charge on any atom is 0.350 e. The number of nitrogens with one attached hydrogen (secondary N) is 1. The normalized spacial score (nSPS) is 17.6. The Morgan fingerprint density at radius 1 is 1.50 bits per heavy atom. The number of nitrogens with zero attached hydrogens (tertiary/aromatic N) is 1. The van der Waals surface area contributed by atoms with E-state index in [0.29, 0.717) is 6.61 Å². The van der Waals surface area contributed by atoms with Crippen molar-refractivity contribution >= 4 is 11.7 Å². The molecule has 116 valence electrons. The van der Waals surface area contributed by atoms with Gasteiger partial charge < -0.3 is 19.5 Å². The Balaban J connectivity index is 1.87. The van der Waals surface area contributed by atoms with E-state index in [0.717, 1.165) is 30.9 Å². The van der Waals surface area contributed by atoms with Gasteiger partial charge in [-0.2, -0.15) is 5.26 Å². The van der Waals surface area contributed by atoms with Gasteiger partial charge >= 0.3 is 5.97 Å². The second-order valence-corrected chi connectivity index (χ2v) is 4.78. The highest BCUT2D eigenvalue weighted by atomic mass is 16.5. The minimum atomic E-state index is -0.675. The molecule has 6 heteroatoms. The molecule has 1 aromatic rings. The van der Waals surface area contributed by atoms with E-state index in [1.54, 1.807) is 18.2 Å².